The quantitative estimate of drug-likeness (QED) is 0.360. The normalized spacial score (nSPS) is 10.4. The number of ether oxygens (including phenoxy) is 4. The lowest BCUT2D eigenvalue weighted by atomic mass is 10.1. The zero-order valence-electron chi connectivity index (χ0n) is 16.6. The van der Waals surface area contributed by atoms with Crippen LogP contribution in [0.15, 0.2) is 54.6 Å². The van der Waals surface area contributed by atoms with Crippen LogP contribution in [-0.4, -0.2) is 36.8 Å². The summed E-state index contributed by atoms with van der Waals surface area (Å²) in [5.74, 6) is -0.0532. The van der Waals surface area contributed by atoms with E-state index >= 15 is 0 Å². The predicted octanol–water partition coefficient (Wildman–Crippen LogP) is 4.73. The van der Waals surface area contributed by atoms with Crippen molar-refractivity contribution in [1.82, 2.24) is 9.97 Å². The molecule has 0 atom stereocenters. The van der Waals surface area contributed by atoms with Crippen molar-refractivity contribution in [3.63, 3.8) is 0 Å². The lowest BCUT2D eigenvalue weighted by molar-refractivity contribution is 0.0497. The van der Waals surface area contributed by atoms with Crippen molar-refractivity contribution in [2.45, 2.75) is 12.8 Å². The fourth-order valence-electron chi connectivity index (χ4n) is 2.69. The van der Waals surface area contributed by atoms with E-state index in [1.165, 1.54) is 19.8 Å². The zero-order chi connectivity index (χ0) is 21.3. The average molecular weight is 429 g/mol. The van der Waals surface area contributed by atoms with Crippen LogP contribution in [0.1, 0.15) is 22.3 Å². The van der Waals surface area contributed by atoms with Crippen molar-refractivity contribution < 1.29 is 23.7 Å². The minimum absolute atomic E-state index is 0.0718. The van der Waals surface area contributed by atoms with E-state index in [0.29, 0.717) is 13.0 Å². The van der Waals surface area contributed by atoms with Crippen molar-refractivity contribution in [2.75, 3.05) is 20.8 Å². The van der Waals surface area contributed by atoms with E-state index in [-0.39, 0.29) is 34.1 Å². The number of esters is 1. The summed E-state index contributed by atoms with van der Waals surface area (Å²) in [7, 11) is 2.83. The molecule has 0 aliphatic heterocycles. The molecule has 0 unspecified atom stereocenters. The molecule has 30 heavy (non-hydrogen) atoms. The highest BCUT2D eigenvalue weighted by Gasteiger charge is 2.19. The van der Waals surface area contributed by atoms with E-state index in [1.54, 1.807) is 24.3 Å². The number of benzene rings is 2. The summed E-state index contributed by atoms with van der Waals surface area (Å²) < 4.78 is 21.3. The SMILES string of the molecule is COc1nc(Oc2ccccc2C(=O)OCCCc2ccccc2)nc(OC)c1Cl. The van der Waals surface area contributed by atoms with E-state index in [0.717, 1.165) is 6.42 Å². The topological polar surface area (TPSA) is 79.8 Å². The third-order valence-corrected chi connectivity index (χ3v) is 4.47. The molecule has 0 saturated carbocycles. The highest BCUT2D eigenvalue weighted by Crippen LogP contribution is 2.34. The number of aryl methyl sites for hydroxylation is 1. The molecule has 8 heteroatoms. The second-order valence-electron chi connectivity index (χ2n) is 6.16. The van der Waals surface area contributed by atoms with Crippen LogP contribution in [0.2, 0.25) is 5.02 Å². The Morgan fingerprint density at radius 1 is 0.933 bits per heavy atom. The summed E-state index contributed by atoms with van der Waals surface area (Å²) in [6.45, 7) is 0.293. The largest absolute Gasteiger partial charge is 0.480 e. The molecule has 0 bridgehead atoms. The van der Waals surface area contributed by atoms with Crippen molar-refractivity contribution in [3.8, 4) is 23.5 Å². The lowest BCUT2D eigenvalue weighted by Gasteiger charge is -2.12. The number of hydrogen-bond donors (Lipinski definition) is 0. The highest BCUT2D eigenvalue weighted by atomic mass is 35.5. The van der Waals surface area contributed by atoms with Gasteiger partial charge in [-0.3, -0.25) is 0 Å². The van der Waals surface area contributed by atoms with Crippen LogP contribution in [0, 0.1) is 0 Å². The van der Waals surface area contributed by atoms with Gasteiger partial charge in [-0.15, -0.1) is 0 Å². The summed E-state index contributed by atoms with van der Waals surface area (Å²) in [6.07, 6.45) is 1.54. The van der Waals surface area contributed by atoms with E-state index in [1.807, 2.05) is 30.3 Å². The molecule has 2 aromatic carbocycles. The number of aromatic nitrogens is 2. The predicted molar refractivity (Wildman–Crippen MR) is 112 cm³/mol. The van der Waals surface area contributed by atoms with Gasteiger partial charge < -0.3 is 18.9 Å². The van der Waals surface area contributed by atoms with Crippen molar-refractivity contribution in [2.24, 2.45) is 0 Å². The summed E-state index contributed by atoms with van der Waals surface area (Å²) in [5, 5.41) is 0.124. The first kappa shape index (κ1) is 21.4. The average Bonchev–Trinajstić information content (AvgIpc) is 2.78. The number of nitrogens with zero attached hydrogens (tertiary/aromatic N) is 2. The smallest absolute Gasteiger partial charge is 0.341 e. The second kappa shape index (κ2) is 10.5. The Bertz CT molecular complexity index is 973. The monoisotopic (exact) mass is 428 g/mol. The third-order valence-electron chi connectivity index (χ3n) is 4.15. The fraction of sp³-hybridized carbons (Fsp3) is 0.227. The molecular formula is C22H21ClN2O5. The van der Waals surface area contributed by atoms with Gasteiger partial charge in [0.15, 0.2) is 5.02 Å². The maximum Gasteiger partial charge on any atom is 0.341 e. The zero-order valence-corrected chi connectivity index (χ0v) is 17.4. The van der Waals surface area contributed by atoms with Gasteiger partial charge in [0.1, 0.15) is 11.3 Å². The lowest BCUT2D eigenvalue weighted by Crippen LogP contribution is -2.09. The molecule has 7 nitrogen and oxygen atoms in total. The van der Waals surface area contributed by atoms with E-state index in [4.69, 9.17) is 30.5 Å². The van der Waals surface area contributed by atoms with Gasteiger partial charge in [-0.25, -0.2) is 4.79 Å². The number of rotatable bonds is 9. The van der Waals surface area contributed by atoms with Gasteiger partial charge in [0.25, 0.3) is 0 Å². The molecule has 1 aromatic heterocycles. The van der Waals surface area contributed by atoms with Gasteiger partial charge >= 0.3 is 12.0 Å². The van der Waals surface area contributed by atoms with Crippen molar-refractivity contribution >= 4 is 17.6 Å². The number of hydrogen-bond acceptors (Lipinski definition) is 7. The number of para-hydroxylation sites is 1. The molecule has 0 fully saturated rings. The van der Waals surface area contributed by atoms with Crippen LogP contribution < -0.4 is 14.2 Å². The number of carbonyl (C=O) groups is 1. The molecule has 0 amide bonds. The Balaban J connectivity index is 1.67. The molecule has 3 aromatic rings. The van der Waals surface area contributed by atoms with E-state index < -0.39 is 5.97 Å². The minimum Gasteiger partial charge on any atom is -0.480 e. The molecule has 3 rings (SSSR count). The molecule has 1 heterocycles. The molecule has 0 aliphatic carbocycles. The first-order valence-electron chi connectivity index (χ1n) is 9.25. The maximum atomic E-state index is 12.6. The van der Waals surface area contributed by atoms with Gasteiger partial charge in [0, 0.05) is 0 Å². The van der Waals surface area contributed by atoms with Gasteiger partial charge in [-0.1, -0.05) is 54.1 Å². The molecule has 0 spiro atoms. The van der Waals surface area contributed by atoms with Crippen molar-refractivity contribution in [3.05, 3.63) is 70.7 Å². The van der Waals surface area contributed by atoms with Crippen LogP contribution in [0.5, 0.6) is 23.5 Å². The summed E-state index contributed by atoms with van der Waals surface area (Å²) >= 11 is 6.08. The van der Waals surface area contributed by atoms with Crippen LogP contribution >= 0.6 is 11.6 Å². The van der Waals surface area contributed by atoms with Crippen molar-refractivity contribution in [1.29, 1.82) is 0 Å². The molecular weight excluding hydrogens is 408 g/mol. The van der Waals surface area contributed by atoms with Crippen LogP contribution in [-0.2, 0) is 11.2 Å². The summed E-state index contributed by atoms with van der Waals surface area (Å²) in [4.78, 5) is 20.7. The summed E-state index contributed by atoms with van der Waals surface area (Å²) in [5.41, 5.74) is 1.45. The molecule has 0 saturated heterocycles. The highest BCUT2D eigenvalue weighted by molar-refractivity contribution is 6.33. The maximum absolute atomic E-state index is 12.6. The summed E-state index contributed by atoms with van der Waals surface area (Å²) in [6, 6.07) is 16.6. The molecule has 0 N–H and O–H groups in total. The Kier molecular flexibility index (Phi) is 7.45. The number of methoxy groups -OCH3 is 2. The molecule has 156 valence electrons. The first-order valence-corrected chi connectivity index (χ1v) is 9.63. The molecule has 0 aliphatic rings. The Morgan fingerprint density at radius 2 is 1.57 bits per heavy atom. The second-order valence-corrected chi connectivity index (χ2v) is 6.54. The first-order chi connectivity index (χ1) is 14.6. The van der Waals surface area contributed by atoms with E-state index in [9.17, 15) is 4.79 Å². The number of carbonyl (C=O) groups excluding carboxylic acids is 1. The number of halogens is 1. The van der Waals surface area contributed by atoms with Crippen LogP contribution in [0.4, 0.5) is 0 Å². The Labute approximate surface area is 179 Å². The van der Waals surface area contributed by atoms with Gasteiger partial charge in [-0.05, 0) is 30.5 Å². The third kappa shape index (κ3) is 5.39. The Hall–Kier alpha value is -3.32. The van der Waals surface area contributed by atoms with Crippen LogP contribution in [0.3, 0.4) is 0 Å². The van der Waals surface area contributed by atoms with Gasteiger partial charge in [-0.2, -0.15) is 9.97 Å². The van der Waals surface area contributed by atoms with Gasteiger partial charge in [0.2, 0.25) is 11.8 Å². The standard InChI is InChI=1S/C22H21ClN2O5/c1-27-19-18(23)20(28-2)25-22(24-19)30-17-13-7-6-12-16(17)21(26)29-14-8-11-15-9-4-3-5-10-15/h3-7,9-10,12-13H,8,11,14H2,1-2H3. The minimum atomic E-state index is -0.494. The van der Waals surface area contributed by atoms with E-state index in [2.05, 4.69) is 9.97 Å². The molecule has 0 radical (unpaired) electrons. The van der Waals surface area contributed by atoms with Gasteiger partial charge in [0.05, 0.1) is 20.8 Å². The Morgan fingerprint density at radius 3 is 2.23 bits per heavy atom. The van der Waals surface area contributed by atoms with Crippen LogP contribution in [0.25, 0.3) is 0 Å². The fourth-order valence-corrected chi connectivity index (χ4v) is 2.93.